The first-order valence-corrected chi connectivity index (χ1v) is 10.1. The van der Waals surface area contributed by atoms with Crippen LogP contribution in [0.15, 0.2) is 59.1 Å². The van der Waals surface area contributed by atoms with Crippen LogP contribution in [-0.4, -0.2) is 31.2 Å². The van der Waals surface area contributed by atoms with E-state index in [1.165, 1.54) is 5.56 Å². The van der Waals surface area contributed by atoms with E-state index in [-0.39, 0.29) is 5.91 Å². The zero-order chi connectivity index (χ0) is 21.3. The van der Waals surface area contributed by atoms with E-state index in [9.17, 15) is 4.79 Å². The van der Waals surface area contributed by atoms with E-state index in [1.54, 1.807) is 13.3 Å². The van der Waals surface area contributed by atoms with Gasteiger partial charge in [-0.3, -0.25) is 4.79 Å². The first-order valence-electron chi connectivity index (χ1n) is 10.1. The summed E-state index contributed by atoms with van der Waals surface area (Å²) in [5, 5.41) is 2.84. The highest BCUT2D eigenvalue weighted by Crippen LogP contribution is 2.23. The number of rotatable bonds is 10. The second-order valence-electron chi connectivity index (χ2n) is 7.27. The number of methoxy groups -OCH3 is 1. The standard InChI is InChI=1S/C24H28N2O4/c1-17(2)18-4-6-19(7-5-18)22-16-26-24(30-22)13-12-23(27)25-14-15-29-21-10-8-20(28-3)9-11-21/h4-11,16-17H,12-15H2,1-3H3,(H,25,27). The molecular weight excluding hydrogens is 380 g/mol. The van der Waals surface area contributed by atoms with E-state index in [2.05, 4.69) is 36.3 Å². The maximum absolute atomic E-state index is 12.0. The molecule has 0 aliphatic carbocycles. The highest BCUT2D eigenvalue weighted by atomic mass is 16.5. The fraction of sp³-hybridized carbons (Fsp3) is 0.333. The molecule has 30 heavy (non-hydrogen) atoms. The first kappa shape index (κ1) is 21.4. The summed E-state index contributed by atoms with van der Waals surface area (Å²) in [6, 6.07) is 15.6. The summed E-state index contributed by atoms with van der Waals surface area (Å²) in [6.45, 7) is 5.16. The second-order valence-corrected chi connectivity index (χ2v) is 7.27. The van der Waals surface area contributed by atoms with Crippen LogP contribution in [0.1, 0.15) is 37.6 Å². The van der Waals surface area contributed by atoms with Crippen molar-refractivity contribution in [3.8, 4) is 22.8 Å². The minimum absolute atomic E-state index is 0.0608. The van der Waals surface area contributed by atoms with Gasteiger partial charge in [0.25, 0.3) is 0 Å². The van der Waals surface area contributed by atoms with Crippen molar-refractivity contribution < 1.29 is 18.7 Å². The van der Waals surface area contributed by atoms with E-state index in [0.717, 1.165) is 17.1 Å². The third-order valence-corrected chi connectivity index (χ3v) is 4.73. The highest BCUT2D eigenvalue weighted by Gasteiger charge is 2.09. The molecule has 6 heteroatoms. The molecule has 1 aromatic heterocycles. The van der Waals surface area contributed by atoms with Gasteiger partial charge in [0.15, 0.2) is 11.7 Å². The molecule has 0 atom stereocenters. The predicted molar refractivity (Wildman–Crippen MR) is 116 cm³/mol. The van der Waals surface area contributed by atoms with E-state index < -0.39 is 0 Å². The molecule has 1 N–H and O–H groups in total. The van der Waals surface area contributed by atoms with E-state index >= 15 is 0 Å². The molecule has 0 saturated carbocycles. The van der Waals surface area contributed by atoms with Gasteiger partial charge in [0.05, 0.1) is 19.9 Å². The number of hydrogen-bond donors (Lipinski definition) is 1. The van der Waals surface area contributed by atoms with Gasteiger partial charge in [-0.25, -0.2) is 4.98 Å². The van der Waals surface area contributed by atoms with Gasteiger partial charge >= 0.3 is 0 Å². The van der Waals surface area contributed by atoms with Gasteiger partial charge in [-0.2, -0.15) is 0 Å². The third kappa shape index (κ3) is 6.11. The Morgan fingerprint density at radius 1 is 1.07 bits per heavy atom. The molecule has 158 valence electrons. The number of nitrogens with one attached hydrogen (secondary N) is 1. The number of hydrogen-bond acceptors (Lipinski definition) is 5. The van der Waals surface area contributed by atoms with Gasteiger partial charge in [-0.15, -0.1) is 0 Å². The minimum atomic E-state index is -0.0608. The van der Waals surface area contributed by atoms with Crippen molar-refractivity contribution in [2.45, 2.75) is 32.6 Å². The Balaban J connectivity index is 1.38. The molecule has 3 aromatic rings. The molecule has 1 amide bonds. The topological polar surface area (TPSA) is 73.6 Å². The summed E-state index contributed by atoms with van der Waals surface area (Å²) < 4.78 is 16.5. The van der Waals surface area contributed by atoms with Crippen LogP contribution in [0.4, 0.5) is 0 Å². The average molecular weight is 408 g/mol. The Morgan fingerprint density at radius 2 is 1.77 bits per heavy atom. The van der Waals surface area contributed by atoms with E-state index in [4.69, 9.17) is 13.9 Å². The summed E-state index contributed by atoms with van der Waals surface area (Å²) in [5.74, 6) is 3.21. The number of aromatic nitrogens is 1. The van der Waals surface area contributed by atoms with Crippen molar-refractivity contribution in [2.75, 3.05) is 20.3 Å². The minimum Gasteiger partial charge on any atom is -0.497 e. The number of amides is 1. The Kier molecular flexibility index (Phi) is 7.49. The fourth-order valence-corrected chi connectivity index (χ4v) is 2.93. The number of carbonyl (C=O) groups is 1. The van der Waals surface area contributed by atoms with E-state index in [0.29, 0.717) is 43.6 Å². The van der Waals surface area contributed by atoms with Gasteiger partial charge in [0.1, 0.15) is 18.1 Å². The second kappa shape index (κ2) is 10.5. The lowest BCUT2D eigenvalue weighted by Gasteiger charge is -2.08. The molecule has 0 aliphatic rings. The Bertz CT molecular complexity index is 931. The molecule has 1 heterocycles. The maximum Gasteiger partial charge on any atom is 0.220 e. The lowest BCUT2D eigenvalue weighted by Crippen LogP contribution is -2.28. The normalized spacial score (nSPS) is 10.8. The molecule has 3 rings (SSSR count). The number of aryl methyl sites for hydroxylation is 1. The average Bonchev–Trinajstić information content (AvgIpc) is 3.25. The first-order chi connectivity index (χ1) is 14.5. The van der Waals surface area contributed by atoms with Crippen LogP contribution in [0.2, 0.25) is 0 Å². The quantitative estimate of drug-likeness (QED) is 0.496. The van der Waals surface area contributed by atoms with Gasteiger partial charge in [-0.05, 0) is 35.7 Å². The van der Waals surface area contributed by atoms with Crippen molar-refractivity contribution in [1.82, 2.24) is 10.3 Å². The van der Waals surface area contributed by atoms with Crippen molar-refractivity contribution in [3.63, 3.8) is 0 Å². The van der Waals surface area contributed by atoms with Crippen molar-refractivity contribution >= 4 is 5.91 Å². The monoisotopic (exact) mass is 408 g/mol. The lowest BCUT2D eigenvalue weighted by atomic mass is 10.0. The molecule has 0 bridgehead atoms. The van der Waals surface area contributed by atoms with Gasteiger partial charge in [0.2, 0.25) is 5.91 Å². The zero-order valence-electron chi connectivity index (χ0n) is 17.7. The number of benzene rings is 2. The summed E-state index contributed by atoms with van der Waals surface area (Å²) >= 11 is 0. The van der Waals surface area contributed by atoms with Crippen LogP contribution in [0.5, 0.6) is 11.5 Å². The molecule has 0 aliphatic heterocycles. The lowest BCUT2D eigenvalue weighted by molar-refractivity contribution is -0.121. The highest BCUT2D eigenvalue weighted by molar-refractivity contribution is 5.76. The van der Waals surface area contributed by atoms with Crippen molar-refractivity contribution in [1.29, 1.82) is 0 Å². The molecular formula is C24H28N2O4. The van der Waals surface area contributed by atoms with Gasteiger partial charge < -0.3 is 19.2 Å². The summed E-state index contributed by atoms with van der Waals surface area (Å²) in [6.07, 6.45) is 2.48. The fourth-order valence-electron chi connectivity index (χ4n) is 2.93. The maximum atomic E-state index is 12.0. The van der Waals surface area contributed by atoms with Crippen molar-refractivity contribution in [2.24, 2.45) is 0 Å². The van der Waals surface area contributed by atoms with Gasteiger partial charge in [-0.1, -0.05) is 38.1 Å². The number of nitrogens with zero attached hydrogens (tertiary/aromatic N) is 1. The molecule has 0 unspecified atom stereocenters. The zero-order valence-corrected chi connectivity index (χ0v) is 17.7. The molecule has 0 spiro atoms. The van der Waals surface area contributed by atoms with E-state index in [1.807, 2.05) is 36.4 Å². The predicted octanol–water partition coefficient (Wildman–Crippen LogP) is 4.60. The third-order valence-electron chi connectivity index (χ3n) is 4.73. The van der Waals surface area contributed by atoms with Crippen LogP contribution in [0.25, 0.3) is 11.3 Å². The SMILES string of the molecule is COc1ccc(OCCNC(=O)CCc2ncc(-c3ccc(C(C)C)cc3)o2)cc1. The number of oxazole rings is 1. The van der Waals surface area contributed by atoms with Crippen molar-refractivity contribution in [3.05, 3.63) is 66.2 Å². The molecule has 0 fully saturated rings. The van der Waals surface area contributed by atoms with Crippen LogP contribution in [0.3, 0.4) is 0 Å². The van der Waals surface area contributed by atoms with Gasteiger partial charge in [0, 0.05) is 18.4 Å². The largest absolute Gasteiger partial charge is 0.497 e. The molecule has 2 aromatic carbocycles. The van der Waals surface area contributed by atoms with Crippen LogP contribution < -0.4 is 14.8 Å². The Hall–Kier alpha value is -3.28. The Morgan fingerprint density at radius 3 is 2.43 bits per heavy atom. The summed E-state index contributed by atoms with van der Waals surface area (Å²) in [5.41, 5.74) is 2.27. The Labute approximate surface area is 177 Å². The molecule has 0 saturated heterocycles. The number of carbonyl (C=O) groups excluding carboxylic acids is 1. The summed E-state index contributed by atoms with van der Waals surface area (Å²) in [4.78, 5) is 16.3. The smallest absolute Gasteiger partial charge is 0.220 e. The number of ether oxygens (including phenoxy) is 2. The molecule has 6 nitrogen and oxygen atoms in total. The summed E-state index contributed by atoms with van der Waals surface area (Å²) in [7, 11) is 1.62. The van der Waals surface area contributed by atoms with Crippen LogP contribution in [0, 0.1) is 0 Å². The van der Waals surface area contributed by atoms with Crippen LogP contribution >= 0.6 is 0 Å². The van der Waals surface area contributed by atoms with Crippen LogP contribution in [-0.2, 0) is 11.2 Å². The molecule has 0 radical (unpaired) electrons.